The summed E-state index contributed by atoms with van der Waals surface area (Å²) in [6, 6.07) is 5.04. The molecular formula is C19H20F3NO4. The number of rotatable bonds is 5. The van der Waals surface area contributed by atoms with Gasteiger partial charge in [-0.1, -0.05) is 18.2 Å². The van der Waals surface area contributed by atoms with E-state index in [1.807, 2.05) is 0 Å². The SMILES string of the molecule is COC(=O)C1=C(C)N(C)C(C)=C(COC=O)C1c1ccccc1C(F)(F)F. The number of nitrogens with zero attached hydrogens (tertiary/aromatic N) is 1. The lowest BCUT2D eigenvalue weighted by Crippen LogP contribution is -2.32. The molecule has 2 rings (SSSR count). The molecule has 0 radical (unpaired) electrons. The number of esters is 1. The van der Waals surface area contributed by atoms with E-state index in [-0.39, 0.29) is 24.2 Å². The molecule has 0 saturated heterocycles. The number of hydrogen-bond donors (Lipinski definition) is 0. The highest BCUT2D eigenvalue weighted by Gasteiger charge is 2.41. The smallest absolute Gasteiger partial charge is 0.416 e. The lowest BCUT2D eigenvalue weighted by molar-refractivity contribution is -0.139. The zero-order chi connectivity index (χ0) is 20.4. The number of carbonyl (C=O) groups is 2. The summed E-state index contributed by atoms with van der Waals surface area (Å²) in [5, 5.41) is 0. The van der Waals surface area contributed by atoms with Crippen LogP contribution in [0.2, 0.25) is 0 Å². The number of benzene rings is 1. The summed E-state index contributed by atoms with van der Waals surface area (Å²) in [7, 11) is 2.85. The van der Waals surface area contributed by atoms with E-state index >= 15 is 0 Å². The first-order chi connectivity index (χ1) is 12.6. The van der Waals surface area contributed by atoms with Crippen molar-refractivity contribution in [2.75, 3.05) is 20.8 Å². The molecule has 1 aromatic rings. The molecule has 1 atom stereocenters. The minimum atomic E-state index is -4.61. The van der Waals surface area contributed by atoms with Gasteiger partial charge in [0.15, 0.2) is 0 Å². The Hall–Kier alpha value is -2.77. The minimum absolute atomic E-state index is 0.0757. The van der Waals surface area contributed by atoms with Gasteiger partial charge in [0.1, 0.15) is 6.61 Å². The molecule has 0 aliphatic carbocycles. The predicted octanol–water partition coefficient (Wildman–Crippen LogP) is 3.63. The Morgan fingerprint density at radius 1 is 1.22 bits per heavy atom. The normalized spacial score (nSPS) is 17.9. The number of methoxy groups -OCH3 is 1. The Bertz CT molecular complexity index is 811. The van der Waals surface area contributed by atoms with Gasteiger partial charge in [-0.2, -0.15) is 13.2 Å². The van der Waals surface area contributed by atoms with Crippen LogP contribution < -0.4 is 0 Å². The molecule has 27 heavy (non-hydrogen) atoms. The van der Waals surface area contributed by atoms with Crippen molar-refractivity contribution in [3.05, 3.63) is 57.9 Å². The molecule has 5 nitrogen and oxygen atoms in total. The number of allylic oxidation sites excluding steroid dienone is 2. The van der Waals surface area contributed by atoms with Crippen LogP contribution in [-0.2, 0) is 25.2 Å². The van der Waals surface area contributed by atoms with Crippen LogP contribution in [0.1, 0.15) is 30.9 Å². The molecule has 0 amide bonds. The summed E-state index contributed by atoms with van der Waals surface area (Å²) in [6.45, 7) is 3.31. The largest absolute Gasteiger partial charge is 0.466 e. The summed E-state index contributed by atoms with van der Waals surface area (Å²) in [6.07, 6.45) is -4.61. The van der Waals surface area contributed by atoms with Gasteiger partial charge in [-0.05, 0) is 31.1 Å². The fourth-order valence-corrected chi connectivity index (χ4v) is 3.28. The average molecular weight is 383 g/mol. The van der Waals surface area contributed by atoms with Gasteiger partial charge in [-0.15, -0.1) is 0 Å². The van der Waals surface area contributed by atoms with Crippen LogP contribution >= 0.6 is 0 Å². The summed E-state index contributed by atoms with van der Waals surface area (Å²) in [5.74, 6) is -1.79. The van der Waals surface area contributed by atoms with Crippen molar-refractivity contribution in [1.29, 1.82) is 0 Å². The molecule has 1 aliphatic rings. The van der Waals surface area contributed by atoms with Crippen LogP contribution in [0.25, 0.3) is 0 Å². The van der Waals surface area contributed by atoms with E-state index in [0.29, 0.717) is 17.0 Å². The molecule has 0 aromatic heterocycles. The van der Waals surface area contributed by atoms with Crippen LogP contribution in [0.5, 0.6) is 0 Å². The van der Waals surface area contributed by atoms with Gasteiger partial charge in [0.25, 0.3) is 6.47 Å². The quantitative estimate of drug-likeness (QED) is 0.574. The summed E-state index contributed by atoms with van der Waals surface area (Å²) in [4.78, 5) is 24.8. The minimum Gasteiger partial charge on any atom is -0.466 e. The maximum Gasteiger partial charge on any atom is 0.416 e. The Kier molecular flexibility index (Phi) is 5.98. The van der Waals surface area contributed by atoms with E-state index in [9.17, 15) is 22.8 Å². The molecule has 8 heteroatoms. The van der Waals surface area contributed by atoms with Gasteiger partial charge in [-0.3, -0.25) is 4.79 Å². The second-order valence-electron chi connectivity index (χ2n) is 6.09. The monoisotopic (exact) mass is 383 g/mol. The van der Waals surface area contributed by atoms with E-state index in [2.05, 4.69) is 0 Å². The highest BCUT2D eigenvalue weighted by Crippen LogP contribution is 2.45. The molecule has 0 saturated carbocycles. The number of ether oxygens (including phenoxy) is 2. The van der Waals surface area contributed by atoms with Crippen LogP contribution in [0.15, 0.2) is 46.8 Å². The first-order valence-corrected chi connectivity index (χ1v) is 8.08. The van der Waals surface area contributed by atoms with Crippen molar-refractivity contribution in [3.8, 4) is 0 Å². The number of carbonyl (C=O) groups excluding carboxylic acids is 2. The summed E-state index contributed by atoms with van der Waals surface area (Å²) < 4.78 is 50.5. The molecule has 0 fully saturated rings. The van der Waals surface area contributed by atoms with E-state index in [1.165, 1.54) is 25.3 Å². The Morgan fingerprint density at radius 3 is 2.41 bits per heavy atom. The molecule has 0 N–H and O–H groups in total. The topological polar surface area (TPSA) is 55.8 Å². The van der Waals surface area contributed by atoms with Crippen LogP contribution in [0.4, 0.5) is 13.2 Å². The van der Waals surface area contributed by atoms with Crippen molar-refractivity contribution in [3.63, 3.8) is 0 Å². The number of hydrogen-bond acceptors (Lipinski definition) is 5. The second kappa shape index (κ2) is 7.85. The molecule has 1 aliphatic heterocycles. The molecule has 1 aromatic carbocycles. The zero-order valence-electron chi connectivity index (χ0n) is 15.4. The van der Waals surface area contributed by atoms with E-state index in [4.69, 9.17) is 9.47 Å². The lowest BCUT2D eigenvalue weighted by Gasteiger charge is -2.37. The van der Waals surface area contributed by atoms with Gasteiger partial charge in [0, 0.05) is 24.4 Å². The van der Waals surface area contributed by atoms with E-state index < -0.39 is 23.6 Å². The standard InChI is InChI=1S/C19H20F3NO4/c1-11-14(9-27-10-24)17(16(18(25)26-4)12(2)23(11)3)13-7-5-6-8-15(13)19(20,21)22/h5-8,10,17H,9H2,1-4H3. The van der Waals surface area contributed by atoms with Gasteiger partial charge >= 0.3 is 12.1 Å². The number of halogens is 3. The van der Waals surface area contributed by atoms with Gasteiger partial charge in [0.05, 0.1) is 18.2 Å². The molecule has 0 bridgehead atoms. The zero-order valence-corrected chi connectivity index (χ0v) is 15.4. The highest BCUT2D eigenvalue weighted by molar-refractivity contribution is 5.92. The Labute approximate surface area is 155 Å². The Morgan fingerprint density at radius 2 is 1.85 bits per heavy atom. The van der Waals surface area contributed by atoms with Crippen molar-refractivity contribution in [1.82, 2.24) is 4.90 Å². The summed E-state index contributed by atoms with van der Waals surface area (Å²) >= 11 is 0. The third-order valence-corrected chi connectivity index (χ3v) is 4.79. The third-order valence-electron chi connectivity index (χ3n) is 4.79. The Balaban J connectivity index is 2.80. The van der Waals surface area contributed by atoms with Crippen molar-refractivity contribution < 1.29 is 32.2 Å². The highest BCUT2D eigenvalue weighted by atomic mass is 19.4. The van der Waals surface area contributed by atoms with Gasteiger partial charge in [-0.25, -0.2) is 4.79 Å². The first-order valence-electron chi connectivity index (χ1n) is 8.08. The van der Waals surface area contributed by atoms with Gasteiger partial charge in [0.2, 0.25) is 0 Å². The predicted molar refractivity (Wildman–Crippen MR) is 91.4 cm³/mol. The maximum absolute atomic E-state index is 13.6. The number of alkyl halides is 3. The van der Waals surface area contributed by atoms with Crippen LogP contribution in [0.3, 0.4) is 0 Å². The third kappa shape index (κ3) is 3.84. The van der Waals surface area contributed by atoms with Crippen molar-refractivity contribution in [2.24, 2.45) is 0 Å². The van der Waals surface area contributed by atoms with Crippen molar-refractivity contribution in [2.45, 2.75) is 25.9 Å². The van der Waals surface area contributed by atoms with Gasteiger partial charge < -0.3 is 14.4 Å². The molecule has 146 valence electrons. The maximum atomic E-state index is 13.6. The molecule has 1 heterocycles. The fraction of sp³-hybridized carbons (Fsp3) is 0.368. The fourth-order valence-electron chi connectivity index (χ4n) is 3.28. The van der Waals surface area contributed by atoms with Crippen LogP contribution in [-0.4, -0.2) is 38.1 Å². The molecule has 1 unspecified atom stereocenters. The van der Waals surface area contributed by atoms with Crippen LogP contribution in [0, 0.1) is 0 Å². The van der Waals surface area contributed by atoms with E-state index in [1.54, 1.807) is 25.8 Å². The molecule has 0 spiro atoms. The molecular weight excluding hydrogens is 363 g/mol. The second-order valence-corrected chi connectivity index (χ2v) is 6.09. The first kappa shape index (κ1) is 20.5. The van der Waals surface area contributed by atoms with Crippen molar-refractivity contribution >= 4 is 12.4 Å². The average Bonchev–Trinajstić information content (AvgIpc) is 2.64. The lowest BCUT2D eigenvalue weighted by atomic mass is 9.78. The van der Waals surface area contributed by atoms with E-state index in [0.717, 1.165) is 6.07 Å². The summed E-state index contributed by atoms with van der Waals surface area (Å²) in [5.41, 5.74) is 0.575.